The SMILES string of the molecule is C=N.Cc1cc(OCCCC2CCN(NC(=O)C(C)(F)F)CC2)ccc1C(=O)NCCC1CNC1. The fourth-order valence-corrected chi connectivity index (χ4v) is 4.16. The van der Waals surface area contributed by atoms with Gasteiger partial charge in [-0.25, -0.2) is 5.01 Å². The zero-order valence-corrected chi connectivity index (χ0v) is 20.8. The number of nitrogens with one attached hydrogen (secondary N) is 4. The number of carbonyl (C=O) groups excluding carboxylic acids is 2. The van der Waals surface area contributed by atoms with Crippen molar-refractivity contribution in [3.8, 4) is 5.75 Å². The summed E-state index contributed by atoms with van der Waals surface area (Å²) in [5.41, 5.74) is 3.86. The molecule has 0 aromatic heterocycles. The summed E-state index contributed by atoms with van der Waals surface area (Å²) in [6, 6.07) is 5.55. The number of nitrogens with zero attached hydrogens (tertiary/aromatic N) is 1. The molecule has 2 saturated heterocycles. The molecule has 2 heterocycles. The number of halogens is 2. The molecule has 2 amide bonds. The fourth-order valence-electron chi connectivity index (χ4n) is 4.16. The Morgan fingerprint density at radius 2 is 1.89 bits per heavy atom. The first-order valence-corrected chi connectivity index (χ1v) is 12.2. The first kappa shape index (κ1) is 28.6. The summed E-state index contributed by atoms with van der Waals surface area (Å²) in [7, 11) is 0. The van der Waals surface area contributed by atoms with E-state index in [1.54, 1.807) is 5.01 Å². The molecule has 35 heavy (non-hydrogen) atoms. The zero-order chi connectivity index (χ0) is 25.8. The molecule has 196 valence electrons. The summed E-state index contributed by atoms with van der Waals surface area (Å²) in [6.07, 6.45) is 4.59. The third-order valence-corrected chi connectivity index (χ3v) is 6.44. The molecule has 2 aliphatic rings. The van der Waals surface area contributed by atoms with Crippen molar-refractivity contribution in [2.45, 2.75) is 51.9 Å². The maximum atomic E-state index is 13.0. The molecule has 10 heteroatoms. The van der Waals surface area contributed by atoms with Crippen LogP contribution in [0.15, 0.2) is 18.2 Å². The van der Waals surface area contributed by atoms with Gasteiger partial charge < -0.3 is 20.8 Å². The molecule has 4 N–H and O–H groups in total. The number of amides is 2. The standard InChI is InChI=1S/C24H36F2N4O3.CH3N/c1-17-14-20(5-6-21(17)22(31)28-10-7-19-15-27-16-19)33-13-3-4-18-8-11-30(12-9-18)29-23(32)24(2,25)26;1-2/h5-6,14,18-19,27H,3-4,7-13,15-16H2,1-2H3,(H,28,31)(H,29,32);2H,1H2. The highest BCUT2D eigenvalue weighted by Gasteiger charge is 2.34. The van der Waals surface area contributed by atoms with E-state index in [4.69, 9.17) is 10.1 Å². The number of piperidine rings is 1. The van der Waals surface area contributed by atoms with Gasteiger partial charge >= 0.3 is 11.8 Å². The molecule has 1 aromatic rings. The van der Waals surface area contributed by atoms with Crippen molar-refractivity contribution in [2.75, 3.05) is 39.3 Å². The Bertz CT molecular complexity index is 822. The van der Waals surface area contributed by atoms with Gasteiger partial charge in [0.25, 0.3) is 5.91 Å². The first-order valence-electron chi connectivity index (χ1n) is 12.2. The molecule has 8 nitrogen and oxygen atoms in total. The van der Waals surface area contributed by atoms with Crippen LogP contribution in [-0.4, -0.2) is 68.8 Å². The topological polar surface area (TPSA) is 107 Å². The minimum absolute atomic E-state index is 0.0449. The summed E-state index contributed by atoms with van der Waals surface area (Å²) >= 11 is 0. The van der Waals surface area contributed by atoms with Crippen molar-refractivity contribution in [3.05, 3.63) is 29.3 Å². The van der Waals surface area contributed by atoms with Crippen LogP contribution in [0, 0.1) is 24.2 Å². The first-order chi connectivity index (χ1) is 16.7. The number of hydrazine groups is 1. The van der Waals surface area contributed by atoms with Gasteiger partial charge in [-0.3, -0.25) is 15.0 Å². The molecule has 2 fully saturated rings. The van der Waals surface area contributed by atoms with E-state index in [9.17, 15) is 18.4 Å². The van der Waals surface area contributed by atoms with Crippen LogP contribution in [0.25, 0.3) is 0 Å². The second kappa shape index (κ2) is 14.1. The molecular formula is C25H39F2N5O3. The number of hydrogen-bond donors (Lipinski definition) is 4. The van der Waals surface area contributed by atoms with E-state index in [1.165, 1.54) is 0 Å². The molecule has 3 rings (SSSR count). The maximum Gasteiger partial charge on any atom is 0.323 e. The van der Waals surface area contributed by atoms with Crippen molar-refractivity contribution in [3.63, 3.8) is 0 Å². The average Bonchev–Trinajstić information content (AvgIpc) is 2.80. The average molecular weight is 496 g/mol. The Hall–Kier alpha value is -2.59. The number of alkyl halides is 2. The molecule has 0 aliphatic carbocycles. The molecule has 0 saturated carbocycles. The Labute approximate surface area is 206 Å². The summed E-state index contributed by atoms with van der Waals surface area (Å²) in [5.74, 6) is -2.74. The summed E-state index contributed by atoms with van der Waals surface area (Å²) in [6.45, 7) is 9.53. The van der Waals surface area contributed by atoms with Gasteiger partial charge in [-0.2, -0.15) is 8.78 Å². The predicted molar refractivity (Wildman–Crippen MR) is 132 cm³/mol. The smallest absolute Gasteiger partial charge is 0.323 e. The normalized spacial score (nSPS) is 17.0. The van der Waals surface area contributed by atoms with E-state index in [-0.39, 0.29) is 5.91 Å². The third kappa shape index (κ3) is 9.52. The summed E-state index contributed by atoms with van der Waals surface area (Å²) < 4.78 is 31.9. The number of carbonyl (C=O) groups is 2. The molecule has 0 radical (unpaired) electrons. The third-order valence-electron chi connectivity index (χ3n) is 6.44. The highest BCUT2D eigenvalue weighted by atomic mass is 19.3. The molecule has 2 aliphatic heterocycles. The van der Waals surface area contributed by atoms with Gasteiger partial charge in [0.15, 0.2) is 0 Å². The lowest BCUT2D eigenvalue weighted by Gasteiger charge is -2.32. The van der Waals surface area contributed by atoms with Crippen LogP contribution in [0.5, 0.6) is 5.75 Å². The van der Waals surface area contributed by atoms with Crippen LogP contribution < -0.4 is 20.8 Å². The molecule has 0 unspecified atom stereocenters. The lowest BCUT2D eigenvalue weighted by molar-refractivity contribution is -0.149. The highest BCUT2D eigenvalue weighted by molar-refractivity contribution is 5.95. The van der Waals surface area contributed by atoms with Gasteiger partial charge in [0, 0.05) is 32.1 Å². The number of rotatable bonds is 11. The van der Waals surface area contributed by atoms with E-state index < -0.39 is 11.8 Å². The highest BCUT2D eigenvalue weighted by Crippen LogP contribution is 2.23. The predicted octanol–water partition coefficient (Wildman–Crippen LogP) is 3.16. The van der Waals surface area contributed by atoms with Gasteiger partial charge in [0.2, 0.25) is 0 Å². The lowest BCUT2D eigenvalue weighted by Crippen LogP contribution is -2.51. The molecule has 1 aromatic carbocycles. The van der Waals surface area contributed by atoms with E-state index >= 15 is 0 Å². The Balaban J connectivity index is 0.00000210. The van der Waals surface area contributed by atoms with E-state index in [1.807, 2.05) is 25.1 Å². The van der Waals surface area contributed by atoms with Crippen LogP contribution in [0.2, 0.25) is 0 Å². The fraction of sp³-hybridized carbons (Fsp3) is 0.640. The number of hydrogen-bond acceptors (Lipinski definition) is 6. The number of ether oxygens (including phenoxy) is 1. The minimum atomic E-state index is -3.36. The van der Waals surface area contributed by atoms with Gasteiger partial charge in [-0.15, -0.1) is 0 Å². The van der Waals surface area contributed by atoms with Gasteiger partial charge in [-0.05, 0) is 94.4 Å². The minimum Gasteiger partial charge on any atom is -0.494 e. The van der Waals surface area contributed by atoms with E-state index in [0.717, 1.165) is 56.5 Å². The van der Waals surface area contributed by atoms with Crippen molar-refractivity contribution in [2.24, 2.45) is 11.8 Å². The van der Waals surface area contributed by atoms with Crippen LogP contribution in [0.3, 0.4) is 0 Å². The van der Waals surface area contributed by atoms with Gasteiger partial charge in [0.1, 0.15) is 5.75 Å². The van der Waals surface area contributed by atoms with Gasteiger partial charge in [0.05, 0.1) is 6.61 Å². The Kier molecular flexibility index (Phi) is 11.5. The number of benzene rings is 1. The van der Waals surface area contributed by atoms with Gasteiger partial charge in [-0.1, -0.05) is 0 Å². The van der Waals surface area contributed by atoms with E-state index in [2.05, 4.69) is 22.8 Å². The largest absolute Gasteiger partial charge is 0.494 e. The lowest BCUT2D eigenvalue weighted by atomic mass is 9.93. The van der Waals surface area contributed by atoms with Crippen molar-refractivity contribution in [1.82, 2.24) is 21.1 Å². The summed E-state index contributed by atoms with van der Waals surface area (Å²) in [5, 5.41) is 13.3. The van der Waals surface area contributed by atoms with Crippen LogP contribution in [-0.2, 0) is 4.79 Å². The maximum absolute atomic E-state index is 13.0. The van der Waals surface area contributed by atoms with Crippen LogP contribution in [0.1, 0.15) is 54.9 Å². The Morgan fingerprint density at radius 1 is 1.20 bits per heavy atom. The molecular weight excluding hydrogens is 456 g/mol. The van der Waals surface area contributed by atoms with Crippen molar-refractivity contribution >= 4 is 18.5 Å². The van der Waals surface area contributed by atoms with Crippen molar-refractivity contribution in [1.29, 1.82) is 5.41 Å². The molecule has 0 bridgehead atoms. The Morgan fingerprint density at radius 3 is 2.46 bits per heavy atom. The zero-order valence-electron chi connectivity index (χ0n) is 20.8. The quantitative estimate of drug-likeness (QED) is 0.279. The molecule has 0 atom stereocenters. The molecule has 0 spiro atoms. The number of aryl methyl sites for hydroxylation is 1. The second-order valence-electron chi connectivity index (χ2n) is 9.30. The van der Waals surface area contributed by atoms with Crippen molar-refractivity contribution < 1.29 is 23.1 Å². The monoisotopic (exact) mass is 495 g/mol. The summed E-state index contributed by atoms with van der Waals surface area (Å²) in [4.78, 5) is 23.8. The second-order valence-corrected chi connectivity index (χ2v) is 9.30. The van der Waals surface area contributed by atoms with Crippen LogP contribution in [0.4, 0.5) is 8.78 Å². The van der Waals surface area contributed by atoms with Crippen LogP contribution >= 0.6 is 0 Å². The van der Waals surface area contributed by atoms with E-state index in [0.29, 0.717) is 50.6 Å².